The number of carboxylic acids is 3. The Hall–Kier alpha value is -4.90. The number of likely N-dealkylation sites (N-methyl/N-ethyl adjacent to an activating group) is 1. The van der Waals surface area contributed by atoms with E-state index >= 15 is 0 Å². The highest BCUT2D eigenvalue weighted by molar-refractivity contribution is 7.09. The normalized spacial score (nSPS) is 15.5. The first-order valence-corrected chi connectivity index (χ1v) is 14.0. The summed E-state index contributed by atoms with van der Waals surface area (Å²) in [6.07, 6.45) is -7.72. The molecule has 4 aromatic rings. The summed E-state index contributed by atoms with van der Waals surface area (Å²) >= 11 is 1.72. The average molecular weight is 734 g/mol. The van der Waals surface area contributed by atoms with E-state index in [9.17, 15) is 39.5 Å². The van der Waals surface area contributed by atoms with E-state index in [1.54, 1.807) is 23.7 Å². The Morgan fingerprint density at radius 1 is 0.816 bits per heavy atom. The van der Waals surface area contributed by atoms with Crippen molar-refractivity contribution in [3.8, 4) is 11.1 Å². The van der Waals surface area contributed by atoms with Gasteiger partial charge >= 0.3 is 36.4 Å². The van der Waals surface area contributed by atoms with E-state index in [1.807, 2.05) is 34.4 Å². The van der Waals surface area contributed by atoms with E-state index in [1.165, 1.54) is 0 Å². The third-order valence-corrected chi connectivity index (χ3v) is 6.84. The number of carboxylic acid groups (broad SMARTS) is 3. The molecule has 23 heteroatoms. The monoisotopic (exact) mass is 733 g/mol. The van der Waals surface area contributed by atoms with Gasteiger partial charge in [0.15, 0.2) is 0 Å². The van der Waals surface area contributed by atoms with Crippen LogP contribution in [0.15, 0.2) is 54.4 Å². The van der Waals surface area contributed by atoms with Crippen molar-refractivity contribution in [2.45, 2.75) is 31.1 Å². The number of piperazine rings is 1. The third-order valence-electron chi connectivity index (χ3n) is 6.07. The number of nitrogens with zero attached hydrogens (tertiary/aromatic N) is 7. The molecule has 268 valence electrons. The maximum Gasteiger partial charge on any atom is 0.490 e. The number of pyridine rings is 2. The predicted octanol–water partition coefficient (Wildman–Crippen LogP) is 4.64. The highest BCUT2D eigenvalue weighted by atomic mass is 32.1. The summed E-state index contributed by atoms with van der Waals surface area (Å²) in [5.74, 6) is -8.27. The number of hydrogen-bond donors (Lipinski definition) is 3. The fourth-order valence-corrected chi connectivity index (χ4v) is 4.42. The van der Waals surface area contributed by atoms with Crippen LogP contribution in [0.4, 0.5) is 39.5 Å². The van der Waals surface area contributed by atoms with Crippen LogP contribution in [0.2, 0.25) is 0 Å². The lowest BCUT2D eigenvalue weighted by Gasteiger charge is -2.38. The van der Waals surface area contributed by atoms with E-state index in [0.29, 0.717) is 0 Å². The molecular formula is C26H24F9N7O6S. The number of hydrogen-bond acceptors (Lipinski definition) is 10. The SMILES string of the molecule is CN1CCN(Cc2nccs2)CC1c1nnn2cc(-c3ccncc3)ccc12.O=C(O)C(F)(F)F.O=C(O)C(F)(F)F.O=C(O)C(F)(F)F. The summed E-state index contributed by atoms with van der Waals surface area (Å²) in [6.45, 7) is 3.87. The van der Waals surface area contributed by atoms with Crippen LogP contribution in [0.1, 0.15) is 16.7 Å². The summed E-state index contributed by atoms with van der Waals surface area (Å²) < 4.78 is 97.1. The molecule has 1 aliphatic rings. The quantitative estimate of drug-likeness (QED) is 0.249. The number of thiazole rings is 1. The molecule has 0 amide bonds. The van der Waals surface area contributed by atoms with Crippen LogP contribution in [0.25, 0.3) is 16.6 Å². The molecule has 1 saturated heterocycles. The maximum atomic E-state index is 10.6. The Morgan fingerprint density at radius 3 is 1.82 bits per heavy atom. The van der Waals surface area contributed by atoms with E-state index in [0.717, 1.165) is 53.5 Å². The van der Waals surface area contributed by atoms with Gasteiger partial charge in [-0.1, -0.05) is 11.3 Å². The van der Waals surface area contributed by atoms with Crippen LogP contribution in [-0.2, 0) is 20.9 Å². The van der Waals surface area contributed by atoms with Crippen LogP contribution in [0, 0.1) is 0 Å². The Kier molecular flexibility index (Phi) is 13.9. The topological polar surface area (TPSA) is 174 Å². The maximum absolute atomic E-state index is 10.6. The van der Waals surface area contributed by atoms with Gasteiger partial charge in [-0.15, -0.1) is 16.4 Å². The highest BCUT2D eigenvalue weighted by Crippen LogP contribution is 2.28. The molecule has 0 saturated carbocycles. The number of alkyl halides is 9. The first kappa shape index (κ1) is 40.3. The molecule has 0 aromatic carbocycles. The molecule has 3 N–H and O–H groups in total. The van der Waals surface area contributed by atoms with Gasteiger partial charge in [-0.2, -0.15) is 39.5 Å². The van der Waals surface area contributed by atoms with Crippen LogP contribution in [-0.4, -0.2) is 113 Å². The summed E-state index contributed by atoms with van der Waals surface area (Å²) in [6, 6.07) is 8.49. The molecule has 0 aliphatic carbocycles. The van der Waals surface area contributed by atoms with Gasteiger partial charge in [0, 0.05) is 55.4 Å². The van der Waals surface area contributed by atoms with Crippen LogP contribution in [0.5, 0.6) is 0 Å². The van der Waals surface area contributed by atoms with Crippen molar-refractivity contribution in [3.63, 3.8) is 0 Å². The highest BCUT2D eigenvalue weighted by Gasteiger charge is 2.39. The van der Waals surface area contributed by atoms with Crippen molar-refractivity contribution in [2.75, 3.05) is 26.7 Å². The second kappa shape index (κ2) is 17.0. The molecule has 49 heavy (non-hydrogen) atoms. The van der Waals surface area contributed by atoms with Gasteiger partial charge in [0.25, 0.3) is 0 Å². The van der Waals surface area contributed by atoms with Crippen molar-refractivity contribution in [1.82, 2.24) is 34.6 Å². The van der Waals surface area contributed by atoms with Gasteiger partial charge in [0.05, 0.1) is 18.1 Å². The lowest BCUT2D eigenvalue weighted by Crippen LogP contribution is -2.46. The van der Waals surface area contributed by atoms with Crippen molar-refractivity contribution in [2.24, 2.45) is 0 Å². The zero-order valence-corrected chi connectivity index (χ0v) is 25.4. The standard InChI is InChI=1S/C20H21N7S.3C2HF3O2/c1-25-9-10-26(14-19-22-8-11-28-19)13-18(25)20-17-3-2-16(12-27(17)24-23-20)15-4-6-21-7-5-15;3*3-2(4,5)1(6)7/h2-8,11-12,18H,9-10,13-14H2,1H3;3*(H,6,7). The Morgan fingerprint density at radius 2 is 1.35 bits per heavy atom. The fourth-order valence-electron chi connectivity index (χ4n) is 3.76. The number of aromatic nitrogens is 5. The zero-order chi connectivity index (χ0) is 37.2. The minimum absolute atomic E-state index is 0.220. The molecule has 4 aromatic heterocycles. The molecular weight excluding hydrogens is 709 g/mol. The molecule has 1 unspecified atom stereocenters. The van der Waals surface area contributed by atoms with Gasteiger partial charge in [0.2, 0.25) is 0 Å². The van der Waals surface area contributed by atoms with Crippen LogP contribution >= 0.6 is 11.3 Å². The van der Waals surface area contributed by atoms with Crippen molar-refractivity contribution in [3.05, 3.63) is 65.1 Å². The summed E-state index contributed by atoms with van der Waals surface area (Å²) in [7, 11) is 2.17. The van der Waals surface area contributed by atoms with Crippen molar-refractivity contribution in [1.29, 1.82) is 0 Å². The molecule has 5 heterocycles. The molecule has 1 atom stereocenters. The Labute approximate surface area is 272 Å². The first-order valence-electron chi connectivity index (χ1n) is 13.1. The predicted molar refractivity (Wildman–Crippen MR) is 150 cm³/mol. The zero-order valence-electron chi connectivity index (χ0n) is 24.6. The van der Waals surface area contributed by atoms with Crippen LogP contribution < -0.4 is 0 Å². The Balaban J connectivity index is 0.000000325. The first-order chi connectivity index (χ1) is 22.6. The minimum Gasteiger partial charge on any atom is -0.475 e. The molecule has 1 fully saturated rings. The summed E-state index contributed by atoms with van der Waals surface area (Å²) in [5, 5.41) is 33.5. The van der Waals surface area contributed by atoms with Gasteiger partial charge in [-0.3, -0.25) is 14.8 Å². The number of halogens is 9. The smallest absolute Gasteiger partial charge is 0.475 e. The van der Waals surface area contributed by atoms with E-state index in [2.05, 4.69) is 49.3 Å². The average Bonchev–Trinajstić information content (AvgIpc) is 3.68. The number of rotatable bonds is 4. The molecule has 13 nitrogen and oxygen atoms in total. The van der Waals surface area contributed by atoms with E-state index in [-0.39, 0.29) is 6.04 Å². The summed E-state index contributed by atoms with van der Waals surface area (Å²) in [5.41, 5.74) is 4.32. The van der Waals surface area contributed by atoms with Gasteiger partial charge < -0.3 is 15.3 Å². The van der Waals surface area contributed by atoms with Gasteiger partial charge in [-0.05, 0) is 30.8 Å². The van der Waals surface area contributed by atoms with Gasteiger partial charge in [-0.25, -0.2) is 23.9 Å². The molecule has 5 rings (SSSR count). The third kappa shape index (κ3) is 12.9. The Bertz CT molecular complexity index is 1610. The largest absolute Gasteiger partial charge is 0.490 e. The second-order valence-corrected chi connectivity index (χ2v) is 10.5. The fraction of sp³-hybridized carbons (Fsp3) is 0.346. The van der Waals surface area contributed by atoms with Crippen molar-refractivity contribution < 1.29 is 69.2 Å². The second-order valence-electron chi connectivity index (χ2n) is 9.52. The lowest BCUT2D eigenvalue weighted by molar-refractivity contribution is -0.193. The number of aliphatic carboxylic acids is 3. The van der Waals surface area contributed by atoms with E-state index in [4.69, 9.17) is 29.7 Å². The number of fused-ring (bicyclic) bond motifs is 1. The van der Waals surface area contributed by atoms with Gasteiger partial charge in [0.1, 0.15) is 10.7 Å². The van der Waals surface area contributed by atoms with E-state index < -0.39 is 36.4 Å². The molecule has 1 aliphatic heterocycles. The molecule has 0 bridgehead atoms. The number of carbonyl (C=O) groups is 3. The summed E-state index contributed by atoms with van der Waals surface area (Å²) in [4.78, 5) is 40.0. The molecule has 0 spiro atoms. The minimum atomic E-state index is -5.08. The molecule has 0 radical (unpaired) electrons. The van der Waals surface area contributed by atoms with Crippen molar-refractivity contribution >= 4 is 34.8 Å². The lowest BCUT2D eigenvalue weighted by atomic mass is 10.1. The van der Waals surface area contributed by atoms with Crippen LogP contribution in [0.3, 0.4) is 0 Å².